The monoisotopic (exact) mass is 242 g/mol. The number of para-hydroxylation sites is 1. The van der Waals surface area contributed by atoms with Crippen LogP contribution in [0.4, 0.5) is 5.69 Å². The van der Waals surface area contributed by atoms with Crippen LogP contribution >= 0.6 is 0 Å². The van der Waals surface area contributed by atoms with Crippen molar-refractivity contribution in [2.75, 3.05) is 5.32 Å². The van der Waals surface area contributed by atoms with Gasteiger partial charge in [0.1, 0.15) is 6.04 Å². The minimum absolute atomic E-state index is 0.0355. The van der Waals surface area contributed by atoms with Crippen molar-refractivity contribution in [3.8, 4) is 12.3 Å². The number of hydrogen-bond donors (Lipinski definition) is 2. The van der Waals surface area contributed by atoms with Crippen molar-refractivity contribution in [1.29, 1.82) is 0 Å². The van der Waals surface area contributed by atoms with Crippen molar-refractivity contribution in [2.24, 2.45) is 0 Å². The summed E-state index contributed by atoms with van der Waals surface area (Å²) in [5, 5.41) is 6.24. The summed E-state index contributed by atoms with van der Waals surface area (Å²) in [7, 11) is 0. The Bertz CT molecular complexity index is 451. The quantitative estimate of drug-likeness (QED) is 0.792. The molecule has 1 heterocycles. The molecule has 0 bridgehead atoms. The molecule has 2 N–H and O–H groups in total. The molecule has 0 aromatic heterocycles. The molecule has 18 heavy (non-hydrogen) atoms. The molecule has 0 saturated carbocycles. The van der Waals surface area contributed by atoms with E-state index in [0.29, 0.717) is 6.42 Å². The molecular weight excluding hydrogens is 224 g/mol. The maximum atomic E-state index is 12.1. The van der Waals surface area contributed by atoms with Crippen LogP contribution in [0.15, 0.2) is 24.3 Å². The summed E-state index contributed by atoms with van der Waals surface area (Å²) >= 11 is 0. The predicted octanol–water partition coefficient (Wildman–Crippen LogP) is 1.94. The number of benzene rings is 1. The molecule has 1 aromatic carbocycles. The van der Waals surface area contributed by atoms with Crippen LogP contribution in [0.1, 0.15) is 25.3 Å². The molecule has 0 saturated heterocycles. The van der Waals surface area contributed by atoms with Crippen LogP contribution in [0.25, 0.3) is 0 Å². The normalized spacial score (nSPS) is 18.3. The first kappa shape index (κ1) is 12.5. The molecule has 0 aliphatic carbocycles. The van der Waals surface area contributed by atoms with Crippen LogP contribution < -0.4 is 10.6 Å². The number of terminal acetylenes is 1. The molecular formula is C15H18N2O. The zero-order chi connectivity index (χ0) is 13.0. The Labute approximate surface area is 108 Å². The van der Waals surface area contributed by atoms with Crippen molar-refractivity contribution < 1.29 is 4.79 Å². The fourth-order valence-corrected chi connectivity index (χ4v) is 2.20. The third kappa shape index (κ3) is 2.65. The van der Waals surface area contributed by atoms with Crippen molar-refractivity contribution in [1.82, 2.24) is 5.32 Å². The number of carbonyl (C=O) groups is 1. The van der Waals surface area contributed by atoms with Gasteiger partial charge in [-0.15, -0.1) is 12.3 Å². The lowest BCUT2D eigenvalue weighted by atomic mass is 10.1. The molecule has 0 spiro atoms. The van der Waals surface area contributed by atoms with Gasteiger partial charge in [0.15, 0.2) is 0 Å². The van der Waals surface area contributed by atoms with E-state index in [4.69, 9.17) is 6.42 Å². The van der Waals surface area contributed by atoms with Gasteiger partial charge in [-0.3, -0.25) is 4.79 Å². The van der Waals surface area contributed by atoms with E-state index >= 15 is 0 Å². The van der Waals surface area contributed by atoms with E-state index in [9.17, 15) is 4.79 Å². The number of nitrogens with one attached hydrogen (secondary N) is 2. The van der Waals surface area contributed by atoms with E-state index < -0.39 is 0 Å². The highest BCUT2D eigenvalue weighted by Gasteiger charge is 2.27. The average molecular weight is 242 g/mol. The maximum Gasteiger partial charge on any atom is 0.243 e. The Morgan fingerprint density at radius 2 is 2.39 bits per heavy atom. The molecule has 1 amide bonds. The van der Waals surface area contributed by atoms with Gasteiger partial charge in [0.05, 0.1) is 0 Å². The lowest BCUT2D eigenvalue weighted by molar-refractivity contribution is -0.122. The van der Waals surface area contributed by atoms with Gasteiger partial charge in [-0.2, -0.15) is 0 Å². The molecule has 2 rings (SSSR count). The van der Waals surface area contributed by atoms with Crippen molar-refractivity contribution in [3.63, 3.8) is 0 Å². The van der Waals surface area contributed by atoms with Gasteiger partial charge in [0.2, 0.25) is 5.91 Å². The fourth-order valence-electron chi connectivity index (χ4n) is 2.20. The SMILES string of the molecule is C#CCC(CC)NC(=O)[C@@H]1Cc2ccccc2N1. The van der Waals surface area contributed by atoms with Crippen molar-refractivity contribution >= 4 is 11.6 Å². The smallest absolute Gasteiger partial charge is 0.243 e. The Morgan fingerprint density at radius 3 is 3.06 bits per heavy atom. The molecule has 1 aromatic rings. The average Bonchev–Trinajstić information content (AvgIpc) is 2.82. The van der Waals surface area contributed by atoms with Crippen LogP contribution in [-0.4, -0.2) is 18.0 Å². The van der Waals surface area contributed by atoms with Crippen LogP contribution in [0.2, 0.25) is 0 Å². The molecule has 3 nitrogen and oxygen atoms in total. The third-order valence-corrected chi connectivity index (χ3v) is 3.29. The molecule has 1 unspecified atom stereocenters. The Morgan fingerprint density at radius 1 is 1.61 bits per heavy atom. The topological polar surface area (TPSA) is 41.1 Å². The lowest BCUT2D eigenvalue weighted by Gasteiger charge is -2.18. The predicted molar refractivity (Wildman–Crippen MR) is 73.2 cm³/mol. The van der Waals surface area contributed by atoms with Crippen LogP contribution in [0, 0.1) is 12.3 Å². The second kappa shape index (κ2) is 5.59. The summed E-state index contributed by atoms with van der Waals surface area (Å²) in [5.41, 5.74) is 2.25. The van der Waals surface area contributed by atoms with E-state index in [1.165, 1.54) is 5.56 Å². The van der Waals surface area contributed by atoms with Crippen molar-refractivity contribution in [2.45, 2.75) is 38.3 Å². The first-order valence-electron chi connectivity index (χ1n) is 6.33. The summed E-state index contributed by atoms with van der Waals surface area (Å²) in [6.07, 6.45) is 7.47. The molecule has 1 aliphatic rings. The largest absolute Gasteiger partial charge is 0.373 e. The maximum absolute atomic E-state index is 12.1. The number of hydrogen-bond acceptors (Lipinski definition) is 2. The molecule has 3 heteroatoms. The Hall–Kier alpha value is -1.95. The third-order valence-electron chi connectivity index (χ3n) is 3.29. The molecule has 0 fully saturated rings. The highest BCUT2D eigenvalue weighted by atomic mass is 16.2. The van der Waals surface area contributed by atoms with Crippen LogP contribution in [0.5, 0.6) is 0 Å². The summed E-state index contributed by atoms with van der Waals surface area (Å²) in [4.78, 5) is 12.1. The standard InChI is InChI=1S/C15H18N2O/c1-3-7-12(4-2)16-15(18)14-10-11-8-5-6-9-13(11)17-14/h1,5-6,8-9,12,14,17H,4,7,10H2,2H3,(H,16,18)/t12?,14-/m0/s1. The fraction of sp³-hybridized carbons (Fsp3) is 0.400. The van der Waals surface area contributed by atoms with E-state index in [2.05, 4.69) is 16.6 Å². The number of anilines is 1. The second-order valence-electron chi connectivity index (χ2n) is 4.58. The van der Waals surface area contributed by atoms with Gasteiger partial charge in [-0.1, -0.05) is 25.1 Å². The van der Waals surface area contributed by atoms with Gasteiger partial charge in [-0.25, -0.2) is 0 Å². The molecule has 94 valence electrons. The van der Waals surface area contributed by atoms with Crippen molar-refractivity contribution in [3.05, 3.63) is 29.8 Å². The van der Waals surface area contributed by atoms with E-state index in [1.54, 1.807) is 0 Å². The summed E-state index contributed by atoms with van der Waals surface area (Å²) in [6, 6.07) is 7.92. The summed E-state index contributed by atoms with van der Waals surface area (Å²) in [6.45, 7) is 2.03. The minimum Gasteiger partial charge on any atom is -0.373 e. The highest BCUT2D eigenvalue weighted by molar-refractivity contribution is 5.87. The minimum atomic E-state index is -0.172. The van der Waals surface area contributed by atoms with Gasteiger partial charge in [0.25, 0.3) is 0 Å². The number of rotatable bonds is 4. The van der Waals surface area contributed by atoms with Gasteiger partial charge >= 0.3 is 0 Å². The van der Waals surface area contributed by atoms with Crippen LogP contribution in [-0.2, 0) is 11.2 Å². The van der Waals surface area contributed by atoms with Gasteiger partial charge in [0, 0.05) is 24.6 Å². The number of fused-ring (bicyclic) bond motifs is 1. The Kier molecular flexibility index (Phi) is 3.88. The lowest BCUT2D eigenvalue weighted by Crippen LogP contribution is -2.43. The van der Waals surface area contributed by atoms with Gasteiger partial charge in [-0.05, 0) is 18.1 Å². The summed E-state index contributed by atoms with van der Waals surface area (Å²) in [5.74, 6) is 2.63. The Balaban J connectivity index is 1.95. The van der Waals surface area contributed by atoms with E-state index in [1.807, 2.05) is 31.2 Å². The second-order valence-corrected chi connectivity index (χ2v) is 4.58. The van der Waals surface area contributed by atoms with E-state index in [0.717, 1.165) is 18.5 Å². The highest BCUT2D eigenvalue weighted by Crippen LogP contribution is 2.25. The number of amides is 1. The molecule has 1 aliphatic heterocycles. The number of carbonyl (C=O) groups excluding carboxylic acids is 1. The van der Waals surface area contributed by atoms with E-state index in [-0.39, 0.29) is 18.0 Å². The molecule has 2 atom stereocenters. The molecule has 0 radical (unpaired) electrons. The zero-order valence-corrected chi connectivity index (χ0v) is 10.6. The van der Waals surface area contributed by atoms with Gasteiger partial charge < -0.3 is 10.6 Å². The zero-order valence-electron chi connectivity index (χ0n) is 10.6. The first-order chi connectivity index (χ1) is 8.74. The van der Waals surface area contributed by atoms with Crippen LogP contribution in [0.3, 0.4) is 0 Å². The summed E-state index contributed by atoms with van der Waals surface area (Å²) < 4.78 is 0. The first-order valence-corrected chi connectivity index (χ1v) is 6.33.